The van der Waals surface area contributed by atoms with E-state index in [-0.39, 0.29) is 5.75 Å². The molecule has 2 aliphatic rings. The first-order chi connectivity index (χ1) is 34.6. The lowest BCUT2D eigenvalue weighted by molar-refractivity contribution is 0.0357. The van der Waals surface area contributed by atoms with Crippen LogP contribution in [-0.2, 0) is 37.3 Å². The molecule has 16 nitrogen and oxygen atoms in total. The highest BCUT2D eigenvalue weighted by molar-refractivity contribution is 7.92. The molecule has 0 radical (unpaired) electrons. The number of aromatic nitrogens is 2. The summed E-state index contributed by atoms with van der Waals surface area (Å²) in [5.74, 6) is 1.56. The van der Waals surface area contributed by atoms with Gasteiger partial charge in [-0.15, -0.1) is 0 Å². The number of morpholine rings is 2. The van der Waals surface area contributed by atoms with Crippen LogP contribution >= 0.6 is 0 Å². The number of carbonyl (C=O) groups excluding carboxylic acids is 1. The van der Waals surface area contributed by atoms with Crippen LogP contribution in [0, 0.1) is 22.7 Å². The predicted molar refractivity (Wildman–Crippen MR) is 279 cm³/mol. The molecule has 71 heavy (non-hydrogen) atoms. The Balaban J connectivity index is 0.000000209. The zero-order valence-corrected chi connectivity index (χ0v) is 42.2. The first-order valence-electron chi connectivity index (χ1n) is 24.7. The summed E-state index contributed by atoms with van der Waals surface area (Å²) < 4.78 is 59.0. The van der Waals surface area contributed by atoms with E-state index in [1.807, 2.05) is 80.6 Å². The number of amides is 1. The second kappa shape index (κ2) is 25.5. The molecule has 6 aromatic rings. The quantitative estimate of drug-likeness (QED) is 0.0692. The highest BCUT2D eigenvalue weighted by Gasteiger charge is 2.22. The van der Waals surface area contributed by atoms with Gasteiger partial charge in [0.2, 0.25) is 10.0 Å². The third kappa shape index (κ3) is 13.4. The largest absolute Gasteiger partial charge is 0.493 e. The monoisotopic (exact) mass is 986 g/mol. The van der Waals surface area contributed by atoms with Crippen molar-refractivity contribution in [2.45, 2.75) is 60.0 Å². The molecule has 2 saturated heterocycles. The van der Waals surface area contributed by atoms with Gasteiger partial charge in [0.25, 0.3) is 0 Å². The number of hydrogen-bond acceptors (Lipinski definition) is 12. The van der Waals surface area contributed by atoms with E-state index >= 15 is 0 Å². The fourth-order valence-corrected chi connectivity index (χ4v) is 9.63. The van der Waals surface area contributed by atoms with Crippen molar-refractivity contribution in [1.29, 1.82) is 10.5 Å². The summed E-state index contributed by atoms with van der Waals surface area (Å²) in [6.45, 7) is 19.7. The Kier molecular flexibility index (Phi) is 18.8. The van der Waals surface area contributed by atoms with Gasteiger partial charge in [0.15, 0.2) is 0 Å². The number of anilines is 2. The number of ether oxygens (including phenoxy) is 5. The molecule has 1 amide bonds. The van der Waals surface area contributed by atoms with Gasteiger partial charge in [-0.2, -0.15) is 10.5 Å². The first-order valence-corrected chi connectivity index (χ1v) is 26.4. The predicted octanol–water partition coefficient (Wildman–Crippen LogP) is 9.32. The van der Waals surface area contributed by atoms with Crippen molar-refractivity contribution in [2.75, 3.05) is 101 Å². The minimum atomic E-state index is -3.40. The van der Waals surface area contributed by atoms with Crippen LogP contribution in [0.4, 0.5) is 16.2 Å². The fraction of sp³-hybridized carbons (Fsp3) is 0.426. The van der Waals surface area contributed by atoms with Crippen molar-refractivity contribution in [1.82, 2.24) is 18.9 Å². The summed E-state index contributed by atoms with van der Waals surface area (Å²) in [5, 5.41) is 24.6. The summed E-state index contributed by atoms with van der Waals surface area (Å²) in [7, 11) is -3.40. The lowest BCUT2D eigenvalue weighted by atomic mass is 10.1. The summed E-state index contributed by atoms with van der Waals surface area (Å²) >= 11 is 0. The molecule has 0 saturated carbocycles. The number of benzene rings is 4. The van der Waals surface area contributed by atoms with Gasteiger partial charge >= 0.3 is 6.09 Å². The molecular formula is C54H66N8O8S. The Morgan fingerprint density at radius 3 is 1.58 bits per heavy atom. The number of fused-ring (bicyclic) bond motifs is 2. The lowest BCUT2D eigenvalue weighted by Crippen LogP contribution is -2.37. The van der Waals surface area contributed by atoms with Crippen LogP contribution < -0.4 is 19.5 Å². The lowest BCUT2D eigenvalue weighted by Gasteiger charge is -2.26. The van der Waals surface area contributed by atoms with Crippen molar-refractivity contribution >= 4 is 49.3 Å². The molecule has 0 aliphatic carbocycles. The minimum absolute atomic E-state index is 0.00881. The number of carbonyl (C=O) groups is 1. The van der Waals surface area contributed by atoms with Crippen molar-refractivity contribution < 1.29 is 36.9 Å². The van der Waals surface area contributed by atoms with E-state index in [1.165, 1.54) is 0 Å². The Labute approximate surface area is 417 Å². The fourth-order valence-electron chi connectivity index (χ4n) is 9.00. The van der Waals surface area contributed by atoms with E-state index in [0.717, 1.165) is 141 Å². The molecule has 0 spiro atoms. The number of hydrogen-bond donors (Lipinski definition) is 2. The van der Waals surface area contributed by atoms with E-state index in [2.05, 4.69) is 48.0 Å². The average molecular weight is 987 g/mol. The zero-order valence-electron chi connectivity index (χ0n) is 41.4. The molecule has 4 aromatic carbocycles. The second-order valence-electron chi connectivity index (χ2n) is 17.3. The normalized spacial score (nSPS) is 14.3. The topological polar surface area (TPSA) is 185 Å². The molecule has 2 fully saturated rings. The van der Waals surface area contributed by atoms with Crippen LogP contribution in [0.25, 0.3) is 44.3 Å². The molecule has 0 atom stereocenters. The van der Waals surface area contributed by atoms with Crippen molar-refractivity contribution in [3.05, 3.63) is 96.1 Å². The van der Waals surface area contributed by atoms with Gasteiger partial charge < -0.3 is 32.8 Å². The maximum atomic E-state index is 12.0. The Bertz CT molecular complexity index is 2940. The van der Waals surface area contributed by atoms with E-state index in [0.29, 0.717) is 55.4 Å². The van der Waals surface area contributed by atoms with Gasteiger partial charge in [-0.1, -0.05) is 31.2 Å². The summed E-state index contributed by atoms with van der Waals surface area (Å²) in [6.07, 6.45) is 2.15. The second-order valence-corrected chi connectivity index (χ2v) is 19.3. The number of nitriles is 2. The maximum absolute atomic E-state index is 12.0. The molecule has 2 aromatic heterocycles. The smallest absolute Gasteiger partial charge is 0.411 e. The minimum Gasteiger partial charge on any atom is -0.493 e. The Morgan fingerprint density at radius 1 is 0.648 bits per heavy atom. The highest BCUT2D eigenvalue weighted by atomic mass is 32.2. The van der Waals surface area contributed by atoms with Crippen molar-refractivity contribution in [3.63, 3.8) is 0 Å². The molecule has 8 rings (SSSR count). The zero-order chi connectivity index (χ0) is 50.2. The number of sulfonamides is 1. The van der Waals surface area contributed by atoms with Crippen molar-refractivity contribution in [3.8, 4) is 46.2 Å². The summed E-state index contributed by atoms with van der Waals surface area (Å²) in [5.41, 5.74) is 7.37. The Morgan fingerprint density at radius 2 is 1.13 bits per heavy atom. The van der Waals surface area contributed by atoms with E-state index in [4.69, 9.17) is 23.7 Å². The van der Waals surface area contributed by atoms with Crippen LogP contribution in [0.15, 0.2) is 84.9 Å². The molecule has 17 heteroatoms. The van der Waals surface area contributed by atoms with Crippen LogP contribution in [0.1, 0.15) is 58.1 Å². The molecule has 2 aliphatic heterocycles. The summed E-state index contributed by atoms with van der Waals surface area (Å²) in [6, 6.07) is 31.2. The van der Waals surface area contributed by atoms with E-state index < -0.39 is 16.1 Å². The highest BCUT2D eigenvalue weighted by Crippen LogP contribution is 2.38. The van der Waals surface area contributed by atoms with E-state index in [9.17, 15) is 23.7 Å². The third-order valence-electron chi connectivity index (χ3n) is 12.5. The van der Waals surface area contributed by atoms with Gasteiger partial charge in [0.1, 0.15) is 23.6 Å². The van der Waals surface area contributed by atoms with E-state index in [1.54, 1.807) is 25.1 Å². The van der Waals surface area contributed by atoms with Crippen LogP contribution in [-0.4, -0.2) is 125 Å². The van der Waals surface area contributed by atoms with Crippen LogP contribution in [0.3, 0.4) is 0 Å². The van der Waals surface area contributed by atoms with Crippen LogP contribution in [0.5, 0.6) is 11.5 Å². The number of aryl methyl sites for hydroxylation is 2. The molecule has 0 bridgehead atoms. The SMILES string of the molecule is CCCOC(=O)Nc1cccc(-c2c(C#N)c3ccc(OCCCN4CCOCC4)cc3n2CC)c1.CCn1c(-c2cccc(NS(=O)(=O)CC)c2)c(C#N)c2ccc(OCCCN3CCOCC3)cc21. The van der Waals surface area contributed by atoms with Crippen LogP contribution in [0.2, 0.25) is 0 Å². The Hall–Kier alpha value is -6.60. The molecular weight excluding hydrogens is 921 g/mol. The molecule has 4 heterocycles. The number of nitrogens with one attached hydrogen (secondary N) is 2. The molecule has 376 valence electrons. The third-order valence-corrected chi connectivity index (χ3v) is 13.8. The number of nitrogens with zero attached hydrogens (tertiary/aromatic N) is 6. The van der Waals surface area contributed by atoms with Gasteiger partial charge in [0.05, 0.1) is 85.5 Å². The number of rotatable bonds is 20. The van der Waals surface area contributed by atoms with Gasteiger partial charge in [-0.3, -0.25) is 19.8 Å². The maximum Gasteiger partial charge on any atom is 0.411 e. The van der Waals surface area contributed by atoms with Gasteiger partial charge in [-0.25, -0.2) is 13.2 Å². The summed E-state index contributed by atoms with van der Waals surface area (Å²) in [4.78, 5) is 16.8. The van der Waals surface area contributed by atoms with Crippen molar-refractivity contribution in [2.24, 2.45) is 0 Å². The average Bonchev–Trinajstić information content (AvgIpc) is 3.90. The standard InChI is InChI=1S/C28H34N4O4.C26H32N4O4S/c1-3-14-36-28(33)30-22-8-5-7-21(18-22)27-25(20-29)24-10-9-23(19-26(24)32(27)4-2)35-15-6-11-31-12-16-34-17-13-31;1-3-30-25-18-22(34-14-6-11-29-12-15-33-16-13-29)9-10-23(25)24(19-27)26(30)20-7-5-8-21(17-20)28-35(31,32)4-2/h5,7-10,18-19H,3-4,6,11-17H2,1-2H3,(H,30,33);5,7-10,17-18,28H,3-4,6,11-16H2,1-2H3. The van der Waals surface area contributed by atoms with Gasteiger partial charge in [0, 0.05) is 97.8 Å². The van der Waals surface area contributed by atoms with Gasteiger partial charge in [-0.05, 0) is 88.6 Å². The molecule has 2 N–H and O–H groups in total. The first kappa shape index (κ1) is 52.2. The molecule has 0 unspecified atom stereocenters.